The Morgan fingerprint density at radius 1 is 1.25 bits per heavy atom. The molecule has 0 spiro atoms. The number of hydrogen-bond donors (Lipinski definition) is 0. The van der Waals surface area contributed by atoms with E-state index in [0.29, 0.717) is 18.9 Å². The Labute approximate surface area is 116 Å². The third kappa shape index (κ3) is 4.08. The molecule has 1 aromatic rings. The monoisotopic (exact) mass is 286 g/mol. The molecule has 0 bridgehead atoms. The zero-order chi connectivity index (χ0) is 15.2. The number of aromatic nitrogens is 2. The van der Waals surface area contributed by atoms with Gasteiger partial charge >= 0.3 is 6.18 Å². The van der Waals surface area contributed by atoms with Gasteiger partial charge in [-0.1, -0.05) is 13.8 Å². The van der Waals surface area contributed by atoms with Crippen LogP contribution in [0.2, 0.25) is 0 Å². The highest BCUT2D eigenvalue weighted by Gasteiger charge is 2.41. The summed E-state index contributed by atoms with van der Waals surface area (Å²) in [4.78, 5) is 9.46. The van der Waals surface area contributed by atoms with Crippen LogP contribution in [0.15, 0.2) is 12.4 Å². The second kappa shape index (κ2) is 7.08. The minimum atomic E-state index is -4.12. The van der Waals surface area contributed by atoms with Crippen molar-refractivity contribution in [1.29, 1.82) is 5.26 Å². The summed E-state index contributed by atoms with van der Waals surface area (Å²) in [6.07, 6.45) is -2.73. The SMILES string of the molecule is CC.N#Cc1cc(N2CCC(C(F)(F)F)CC2)ncn1. The van der Waals surface area contributed by atoms with Crippen molar-refractivity contribution in [1.82, 2.24) is 9.97 Å². The van der Waals surface area contributed by atoms with Crippen molar-refractivity contribution in [3.8, 4) is 6.07 Å². The van der Waals surface area contributed by atoms with E-state index in [0.717, 1.165) is 0 Å². The van der Waals surface area contributed by atoms with E-state index in [-0.39, 0.29) is 18.5 Å². The van der Waals surface area contributed by atoms with Gasteiger partial charge in [-0.3, -0.25) is 0 Å². The molecule has 1 saturated heterocycles. The quantitative estimate of drug-likeness (QED) is 0.795. The molecule has 0 saturated carbocycles. The first kappa shape index (κ1) is 16.2. The Morgan fingerprint density at radius 2 is 1.85 bits per heavy atom. The second-order valence-electron chi connectivity index (χ2n) is 4.18. The summed E-state index contributed by atoms with van der Waals surface area (Å²) in [5.74, 6) is -0.715. The molecule has 1 aliphatic heterocycles. The smallest absolute Gasteiger partial charge is 0.356 e. The standard InChI is InChI=1S/C11H11F3N4.C2H6/c12-11(13,14)8-1-3-18(4-2-8)10-5-9(6-15)16-7-17-10;1-2/h5,7-8H,1-4H2;1-2H3. The van der Waals surface area contributed by atoms with Crippen molar-refractivity contribution in [2.75, 3.05) is 18.0 Å². The van der Waals surface area contributed by atoms with E-state index in [1.165, 1.54) is 12.4 Å². The summed E-state index contributed by atoms with van der Waals surface area (Å²) < 4.78 is 37.5. The highest BCUT2D eigenvalue weighted by molar-refractivity contribution is 5.42. The van der Waals surface area contributed by atoms with Gasteiger partial charge in [0.05, 0.1) is 5.92 Å². The molecule has 2 heterocycles. The summed E-state index contributed by atoms with van der Waals surface area (Å²) in [6, 6.07) is 3.38. The lowest BCUT2D eigenvalue weighted by Crippen LogP contribution is -2.39. The molecule has 110 valence electrons. The van der Waals surface area contributed by atoms with Gasteiger partial charge in [-0.15, -0.1) is 0 Å². The Balaban J connectivity index is 0.000000956. The molecule has 1 fully saturated rings. The van der Waals surface area contributed by atoms with E-state index in [1.54, 1.807) is 4.90 Å². The minimum absolute atomic E-state index is 0.0649. The summed E-state index contributed by atoms with van der Waals surface area (Å²) in [7, 11) is 0. The van der Waals surface area contributed by atoms with Crippen LogP contribution in [-0.2, 0) is 0 Å². The topological polar surface area (TPSA) is 52.8 Å². The number of alkyl halides is 3. The summed E-state index contributed by atoms with van der Waals surface area (Å²) >= 11 is 0. The molecular weight excluding hydrogens is 269 g/mol. The molecule has 0 unspecified atom stereocenters. The maximum atomic E-state index is 12.5. The molecule has 20 heavy (non-hydrogen) atoms. The zero-order valence-corrected chi connectivity index (χ0v) is 11.5. The van der Waals surface area contributed by atoms with Gasteiger partial charge in [0.1, 0.15) is 23.9 Å². The first-order chi connectivity index (χ1) is 9.50. The molecule has 7 heteroatoms. The fourth-order valence-electron chi connectivity index (χ4n) is 2.02. The first-order valence-corrected chi connectivity index (χ1v) is 6.54. The van der Waals surface area contributed by atoms with Crippen molar-refractivity contribution in [2.24, 2.45) is 5.92 Å². The Bertz CT molecular complexity index is 459. The highest BCUT2D eigenvalue weighted by atomic mass is 19.4. The highest BCUT2D eigenvalue weighted by Crippen LogP contribution is 2.34. The summed E-state index contributed by atoms with van der Waals surface area (Å²) in [6.45, 7) is 4.60. The summed E-state index contributed by atoms with van der Waals surface area (Å²) in [5, 5.41) is 8.70. The maximum absolute atomic E-state index is 12.5. The Kier molecular flexibility index (Phi) is 5.74. The largest absolute Gasteiger partial charge is 0.391 e. The van der Waals surface area contributed by atoms with Crippen LogP contribution in [0.3, 0.4) is 0 Å². The van der Waals surface area contributed by atoms with Gasteiger partial charge in [0.2, 0.25) is 0 Å². The molecule has 0 N–H and O–H groups in total. The molecule has 0 radical (unpaired) electrons. The molecule has 4 nitrogen and oxygen atoms in total. The number of nitriles is 1. The molecule has 0 aliphatic carbocycles. The van der Waals surface area contributed by atoms with Gasteiger partial charge in [-0.05, 0) is 12.8 Å². The van der Waals surface area contributed by atoms with Crippen molar-refractivity contribution in [2.45, 2.75) is 32.9 Å². The Hall–Kier alpha value is -1.84. The third-order valence-electron chi connectivity index (χ3n) is 3.05. The zero-order valence-electron chi connectivity index (χ0n) is 11.5. The molecule has 0 amide bonds. The number of halogens is 3. The summed E-state index contributed by atoms with van der Waals surface area (Å²) in [5.41, 5.74) is 0.220. The average Bonchev–Trinajstić information content (AvgIpc) is 2.48. The van der Waals surface area contributed by atoms with Crippen molar-refractivity contribution >= 4 is 5.82 Å². The number of rotatable bonds is 1. The van der Waals surface area contributed by atoms with Crippen LogP contribution >= 0.6 is 0 Å². The van der Waals surface area contributed by atoms with Crippen molar-refractivity contribution in [3.05, 3.63) is 18.1 Å². The predicted octanol–water partition coefficient (Wildman–Crippen LogP) is 3.15. The van der Waals surface area contributed by atoms with Crippen LogP contribution in [-0.4, -0.2) is 29.2 Å². The number of nitrogens with zero attached hydrogens (tertiary/aromatic N) is 4. The van der Waals surface area contributed by atoms with E-state index in [1.807, 2.05) is 19.9 Å². The first-order valence-electron chi connectivity index (χ1n) is 6.54. The maximum Gasteiger partial charge on any atom is 0.391 e. The van der Waals surface area contributed by atoms with Gasteiger partial charge in [-0.2, -0.15) is 18.4 Å². The van der Waals surface area contributed by atoms with E-state index < -0.39 is 12.1 Å². The molecule has 1 aliphatic rings. The van der Waals surface area contributed by atoms with Crippen LogP contribution < -0.4 is 4.90 Å². The van der Waals surface area contributed by atoms with Crippen molar-refractivity contribution in [3.63, 3.8) is 0 Å². The molecule has 0 atom stereocenters. The normalized spacial score (nSPS) is 16.1. The fourth-order valence-corrected chi connectivity index (χ4v) is 2.02. The second-order valence-corrected chi connectivity index (χ2v) is 4.18. The number of anilines is 1. The Morgan fingerprint density at radius 3 is 2.35 bits per heavy atom. The fraction of sp³-hybridized carbons (Fsp3) is 0.615. The van der Waals surface area contributed by atoms with Crippen LogP contribution in [0.1, 0.15) is 32.4 Å². The lowest BCUT2D eigenvalue weighted by molar-refractivity contribution is -0.179. The van der Waals surface area contributed by atoms with Gasteiger partial charge in [0, 0.05) is 19.2 Å². The van der Waals surface area contributed by atoms with E-state index in [9.17, 15) is 13.2 Å². The van der Waals surface area contributed by atoms with Gasteiger partial charge in [-0.25, -0.2) is 9.97 Å². The van der Waals surface area contributed by atoms with E-state index in [4.69, 9.17) is 5.26 Å². The number of piperidine rings is 1. The van der Waals surface area contributed by atoms with Gasteiger partial charge in [0.25, 0.3) is 0 Å². The number of hydrogen-bond acceptors (Lipinski definition) is 4. The average molecular weight is 286 g/mol. The van der Waals surface area contributed by atoms with Crippen molar-refractivity contribution < 1.29 is 13.2 Å². The minimum Gasteiger partial charge on any atom is -0.356 e. The van der Waals surface area contributed by atoms with Crippen LogP contribution in [0.4, 0.5) is 19.0 Å². The van der Waals surface area contributed by atoms with Crippen LogP contribution in [0, 0.1) is 17.2 Å². The molecule has 2 rings (SSSR count). The van der Waals surface area contributed by atoms with Gasteiger partial charge < -0.3 is 4.90 Å². The molecule has 1 aromatic heterocycles. The predicted molar refractivity (Wildman–Crippen MR) is 69.1 cm³/mol. The lowest BCUT2D eigenvalue weighted by atomic mass is 9.96. The van der Waals surface area contributed by atoms with E-state index in [2.05, 4.69) is 9.97 Å². The van der Waals surface area contributed by atoms with E-state index >= 15 is 0 Å². The third-order valence-corrected chi connectivity index (χ3v) is 3.05. The van der Waals surface area contributed by atoms with Crippen LogP contribution in [0.25, 0.3) is 0 Å². The lowest BCUT2D eigenvalue weighted by Gasteiger charge is -2.33. The molecule has 0 aromatic carbocycles. The van der Waals surface area contributed by atoms with Crippen LogP contribution in [0.5, 0.6) is 0 Å². The molecular formula is C13H17F3N4. The van der Waals surface area contributed by atoms with Gasteiger partial charge in [0.15, 0.2) is 0 Å².